The van der Waals surface area contributed by atoms with Crippen LogP contribution >= 0.6 is 0 Å². The van der Waals surface area contributed by atoms with Gasteiger partial charge in [-0.05, 0) is 32.6 Å². The molecule has 1 saturated carbocycles. The van der Waals surface area contributed by atoms with Crippen molar-refractivity contribution < 1.29 is 5.11 Å². The summed E-state index contributed by atoms with van der Waals surface area (Å²) in [5.41, 5.74) is -0.0233. The molecule has 1 N–H and O–H groups in total. The van der Waals surface area contributed by atoms with E-state index in [4.69, 9.17) is 5.11 Å². The lowest BCUT2D eigenvalue weighted by molar-refractivity contribution is 0.282. The summed E-state index contributed by atoms with van der Waals surface area (Å²) in [4.78, 5) is 18.6. The fraction of sp³-hybridized carbons (Fsp3) is 0.692. The quantitative estimate of drug-likeness (QED) is 0.819. The maximum absolute atomic E-state index is 12.2. The number of nitrogens with zero attached hydrogens (tertiary/aromatic N) is 3. The zero-order valence-corrected chi connectivity index (χ0v) is 10.9. The zero-order valence-electron chi connectivity index (χ0n) is 10.9. The van der Waals surface area contributed by atoms with E-state index < -0.39 is 0 Å². The predicted octanol–water partition coefficient (Wildman–Crippen LogP) is 1.00. The third-order valence-electron chi connectivity index (χ3n) is 3.58. The molecule has 100 valence electrons. The van der Waals surface area contributed by atoms with Crippen molar-refractivity contribution in [1.82, 2.24) is 9.55 Å². The molecule has 0 atom stereocenters. The van der Waals surface area contributed by atoms with Crippen LogP contribution in [-0.2, 0) is 6.54 Å². The van der Waals surface area contributed by atoms with Gasteiger partial charge in [-0.3, -0.25) is 4.79 Å². The van der Waals surface area contributed by atoms with Crippen molar-refractivity contribution in [3.05, 3.63) is 22.7 Å². The SMILES string of the molecule is CCn1ccnc(N(CCCO)C2CCC2)c1=O. The first-order valence-corrected chi connectivity index (χ1v) is 6.71. The van der Waals surface area contributed by atoms with Crippen molar-refractivity contribution in [3.8, 4) is 0 Å². The molecule has 18 heavy (non-hydrogen) atoms. The second-order valence-electron chi connectivity index (χ2n) is 4.70. The van der Waals surface area contributed by atoms with E-state index in [1.807, 2.05) is 6.92 Å². The minimum Gasteiger partial charge on any atom is -0.396 e. The maximum atomic E-state index is 12.2. The molecule has 0 radical (unpaired) electrons. The van der Waals surface area contributed by atoms with Crippen LogP contribution in [0.5, 0.6) is 0 Å². The summed E-state index contributed by atoms with van der Waals surface area (Å²) in [6.07, 6.45) is 7.54. The average molecular weight is 251 g/mol. The Morgan fingerprint density at radius 2 is 2.33 bits per heavy atom. The van der Waals surface area contributed by atoms with Gasteiger partial charge in [-0.2, -0.15) is 0 Å². The van der Waals surface area contributed by atoms with Gasteiger partial charge in [-0.15, -0.1) is 0 Å². The molecule has 1 aliphatic rings. The van der Waals surface area contributed by atoms with Crippen LogP contribution in [0.3, 0.4) is 0 Å². The molecular weight excluding hydrogens is 230 g/mol. The maximum Gasteiger partial charge on any atom is 0.293 e. The van der Waals surface area contributed by atoms with Crippen molar-refractivity contribution in [2.75, 3.05) is 18.1 Å². The van der Waals surface area contributed by atoms with Crippen LogP contribution in [0, 0.1) is 0 Å². The minimum absolute atomic E-state index is 0.0233. The highest BCUT2D eigenvalue weighted by atomic mass is 16.3. The monoisotopic (exact) mass is 251 g/mol. The predicted molar refractivity (Wildman–Crippen MR) is 70.9 cm³/mol. The summed E-state index contributed by atoms with van der Waals surface area (Å²) in [7, 11) is 0. The molecule has 0 aliphatic heterocycles. The number of hydrogen-bond acceptors (Lipinski definition) is 4. The Bertz CT molecular complexity index is 440. The number of rotatable bonds is 6. The molecule has 1 fully saturated rings. The number of aliphatic hydroxyl groups is 1. The van der Waals surface area contributed by atoms with Gasteiger partial charge in [0, 0.05) is 38.1 Å². The third kappa shape index (κ3) is 2.56. The second-order valence-corrected chi connectivity index (χ2v) is 4.70. The molecule has 0 bridgehead atoms. The van der Waals surface area contributed by atoms with E-state index in [0.717, 1.165) is 12.8 Å². The molecule has 1 aromatic rings. The first kappa shape index (κ1) is 13.1. The molecule has 0 aromatic carbocycles. The molecule has 0 spiro atoms. The minimum atomic E-state index is -0.0233. The number of hydrogen-bond donors (Lipinski definition) is 1. The Labute approximate surface area is 107 Å². The highest BCUT2D eigenvalue weighted by Crippen LogP contribution is 2.27. The van der Waals surface area contributed by atoms with Crippen LogP contribution in [0.4, 0.5) is 5.82 Å². The lowest BCUT2D eigenvalue weighted by Gasteiger charge is -2.38. The highest BCUT2D eigenvalue weighted by Gasteiger charge is 2.27. The van der Waals surface area contributed by atoms with Crippen molar-refractivity contribution in [1.29, 1.82) is 0 Å². The van der Waals surface area contributed by atoms with E-state index in [0.29, 0.717) is 31.4 Å². The fourth-order valence-corrected chi connectivity index (χ4v) is 2.28. The van der Waals surface area contributed by atoms with E-state index >= 15 is 0 Å². The van der Waals surface area contributed by atoms with Crippen molar-refractivity contribution >= 4 is 5.82 Å². The summed E-state index contributed by atoms with van der Waals surface area (Å²) >= 11 is 0. The summed E-state index contributed by atoms with van der Waals surface area (Å²) < 4.78 is 1.67. The number of aromatic nitrogens is 2. The van der Waals surface area contributed by atoms with E-state index in [9.17, 15) is 4.79 Å². The lowest BCUT2D eigenvalue weighted by atomic mass is 9.91. The molecule has 0 saturated heterocycles. The smallest absolute Gasteiger partial charge is 0.293 e. The lowest BCUT2D eigenvalue weighted by Crippen LogP contribution is -2.45. The van der Waals surface area contributed by atoms with Crippen LogP contribution in [-0.4, -0.2) is 33.9 Å². The fourth-order valence-electron chi connectivity index (χ4n) is 2.28. The first-order valence-electron chi connectivity index (χ1n) is 6.71. The van der Waals surface area contributed by atoms with Gasteiger partial charge in [0.05, 0.1) is 0 Å². The standard InChI is InChI=1S/C13H21N3O2/c1-2-15-9-7-14-12(13(15)18)16(8-4-10-17)11-5-3-6-11/h7,9,11,17H,2-6,8,10H2,1H3. The Kier molecular flexibility index (Phi) is 4.36. The zero-order chi connectivity index (χ0) is 13.0. The largest absolute Gasteiger partial charge is 0.396 e. The summed E-state index contributed by atoms with van der Waals surface area (Å²) in [5.74, 6) is 0.539. The summed E-state index contributed by atoms with van der Waals surface area (Å²) in [6.45, 7) is 3.47. The normalized spacial score (nSPS) is 15.4. The Balaban J connectivity index is 2.26. The van der Waals surface area contributed by atoms with Crippen LogP contribution in [0.2, 0.25) is 0 Å². The molecule has 1 aliphatic carbocycles. The molecular formula is C13H21N3O2. The average Bonchev–Trinajstić information content (AvgIpc) is 2.32. The van der Waals surface area contributed by atoms with Gasteiger partial charge >= 0.3 is 0 Å². The Morgan fingerprint density at radius 1 is 1.56 bits per heavy atom. The van der Waals surface area contributed by atoms with E-state index in [2.05, 4.69) is 9.88 Å². The topological polar surface area (TPSA) is 58.4 Å². The Hall–Kier alpha value is -1.36. The van der Waals surface area contributed by atoms with E-state index in [-0.39, 0.29) is 12.2 Å². The molecule has 1 aromatic heterocycles. The molecule has 0 amide bonds. The molecule has 0 unspecified atom stereocenters. The van der Waals surface area contributed by atoms with Crippen molar-refractivity contribution in [2.45, 2.75) is 45.2 Å². The molecule has 1 heterocycles. The number of aryl methyl sites for hydroxylation is 1. The van der Waals surface area contributed by atoms with Gasteiger partial charge in [0.25, 0.3) is 5.56 Å². The van der Waals surface area contributed by atoms with Gasteiger partial charge in [0.15, 0.2) is 5.82 Å². The number of aliphatic hydroxyl groups excluding tert-OH is 1. The van der Waals surface area contributed by atoms with Crippen LogP contribution in [0.1, 0.15) is 32.6 Å². The van der Waals surface area contributed by atoms with Gasteiger partial charge in [-0.25, -0.2) is 4.98 Å². The van der Waals surface area contributed by atoms with Crippen molar-refractivity contribution in [3.63, 3.8) is 0 Å². The van der Waals surface area contributed by atoms with E-state index in [1.54, 1.807) is 17.0 Å². The van der Waals surface area contributed by atoms with Crippen LogP contribution < -0.4 is 10.5 Å². The summed E-state index contributed by atoms with van der Waals surface area (Å²) in [5, 5.41) is 8.97. The van der Waals surface area contributed by atoms with E-state index in [1.165, 1.54) is 6.42 Å². The molecule has 5 heteroatoms. The Morgan fingerprint density at radius 3 is 2.89 bits per heavy atom. The highest BCUT2D eigenvalue weighted by molar-refractivity contribution is 5.38. The number of anilines is 1. The first-order chi connectivity index (χ1) is 8.77. The van der Waals surface area contributed by atoms with Crippen LogP contribution in [0.15, 0.2) is 17.2 Å². The third-order valence-corrected chi connectivity index (χ3v) is 3.58. The van der Waals surface area contributed by atoms with Gasteiger partial charge in [0.1, 0.15) is 0 Å². The van der Waals surface area contributed by atoms with Crippen LogP contribution in [0.25, 0.3) is 0 Å². The van der Waals surface area contributed by atoms with Gasteiger partial charge in [-0.1, -0.05) is 0 Å². The van der Waals surface area contributed by atoms with Gasteiger partial charge in [0.2, 0.25) is 0 Å². The summed E-state index contributed by atoms with van der Waals surface area (Å²) in [6, 6.07) is 0.421. The molecule has 5 nitrogen and oxygen atoms in total. The molecule has 2 rings (SSSR count). The van der Waals surface area contributed by atoms with Gasteiger partial charge < -0.3 is 14.6 Å². The van der Waals surface area contributed by atoms with Crippen molar-refractivity contribution in [2.24, 2.45) is 0 Å². The second kappa shape index (κ2) is 6.00.